The molecule has 0 saturated carbocycles. The van der Waals surface area contributed by atoms with Crippen molar-refractivity contribution in [2.24, 2.45) is 0 Å². The topological polar surface area (TPSA) is 34.6 Å². The molecule has 0 bridgehead atoms. The number of halogens is 3. The van der Waals surface area contributed by atoms with E-state index in [0.29, 0.717) is 25.2 Å². The van der Waals surface area contributed by atoms with Crippen molar-refractivity contribution in [2.45, 2.75) is 84.2 Å². The molecule has 0 saturated heterocycles. The zero-order valence-corrected chi connectivity index (χ0v) is 19.7. The minimum Gasteiger partial charge on any atom is -0.489 e. The highest BCUT2D eigenvalue weighted by atomic mass is 19.4. The van der Waals surface area contributed by atoms with Gasteiger partial charge in [0.2, 0.25) is 5.88 Å². The molecule has 2 rings (SSSR count). The van der Waals surface area contributed by atoms with Gasteiger partial charge in [-0.25, -0.2) is 0 Å². The van der Waals surface area contributed by atoms with Crippen molar-refractivity contribution in [2.75, 3.05) is 11.9 Å². The number of nitrogens with zero attached hydrogens (tertiary/aromatic N) is 2. The third-order valence-electron chi connectivity index (χ3n) is 5.28. The number of anilines is 1. The lowest BCUT2D eigenvalue weighted by Crippen LogP contribution is -2.44. The van der Waals surface area contributed by atoms with E-state index in [2.05, 4.69) is 11.9 Å². The second-order valence-electron chi connectivity index (χ2n) is 8.70. The molecule has 2 aromatic rings. The first-order chi connectivity index (χ1) is 15.1. The number of unbranched alkanes of at least 4 members (excludes halogenated alkanes) is 1. The fraction of sp³-hybridized carbons (Fsp3) is 0.560. The van der Waals surface area contributed by atoms with E-state index in [4.69, 9.17) is 9.47 Å². The highest BCUT2D eigenvalue weighted by Gasteiger charge is 2.42. The molecular weight excluding hydrogens is 417 g/mol. The van der Waals surface area contributed by atoms with Crippen LogP contribution in [0.15, 0.2) is 42.5 Å². The van der Waals surface area contributed by atoms with Crippen molar-refractivity contribution >= 4 is 5.82 Å². The number of benzene rings is 1. The average molecular weight is 453 g/mol. The van der Waals surface area contributed by atoms with Crippen molar-refractivity contribution in [1.82, 2.24) is 4.98 Å². The summed E-state index contributed by atoms with van der Waals surface area (Å²) in [6, 6.07) is 11.2. The number of aromatic nitrogens is 1. The van der Waals surface area contributed by atoms with E-state index < -0.39 is 17.8 Å². The summed E-state index contributed by atoms with van der Waals surface area (Å²) in [6.45, 7) is 8.12. The van der Waals surface area contributed by atoms with Crippen LogP contribution < -0.4 is 14.4 Å². The molecule has 7 heteroatoms. The SMILES string of the molecule is CCCCC(N(C)c1cc(OCc2ccccc2)cc(OC(C)(C)CCC)n1)C(F)(F)F. The summed E-state index contributed by atoms with van der Waals surface area (Å²) in [5.74, 6) is 0.855. The Bertz CT molecular complexity index is 826. The Morgan fingerprint density at radius 1 is 1.03 bits per heavy atom. The molecule has 0 aliphatic heterocycles. The Morgan fingerprint density at radius 3 is 2.31 bits per heavy atom. The summed E-state index contributed by atoms with van der Waals surface area (Å²) in [5, 5.41) is 0. The molecule has 0 radical (unpaired) electrons. The van der Waals surface area contributed by atoms with E-state index in [-0.39, 0.29) is 18.1 Å². The van der Waals surface area contributed by atoms with Gasteiger partial charge < -0.3 is 14.4 Å². The van der Waals surface area contributed by atoms with Gasteiger partial charge in [0.15, 0.2) is 0 Å². The molecular formula is C25H35F3N2O2. The summed E-state index contributed by atoms with van der Waals surface area (Å²) in [4.78, 5) is 5.61. The van der Waals surface area contributed by atoms with Crippen LogP contribution in [-0.4, -0.2) is 29.9 Å². The Labute approximate surface area is 189 Å². The Hall–Kier alpha value is -2.44. The van der Waals surface area contributed by atoms with Gasteiger partial charge >= 0.3 is 6.18 Å². The van der Waals surface area contributed by atoms with Gasteiger partial charge in [-0.2, -0.15) is 18.2 Å². The predicted octanol–water partition coefficient (Wildman–Crippen LogP) is 7.18. The standard InChI is InChI=1S/C25H35F3N2O2/c1-6-8-14-21(25(26,27)28)30(5)22-16-20(31-18-19-12-10-9-11-13-19)17-23(29-22)32-24(3,4)15-7-2/h9-13,16-17,21H,6-8,14-15,18H2,1-5H3. The molecule has 1 heterocycles. The molecule has 1 aromatic carbocycles. The molecule has 32 heavy (non-hydrogen) atoms. The van der Waals surface area contributed by atoms with E-state index in [1.807, 2.05) is 51.1 Å². The summed E-state index contributed by atoms with van der Waals surface area (Å²) in [6.07, 6.45) is -1.49. The Kier molecular flexibility index (Phi) is 9.22. The summed E-state index contributed by atoms with van der Waals surface area (Å²) in [7, 11) is 1.43. The van der Waals surface area contributed by atoms with Gasteiger partial charge in [0, 0.05) is 19.2 Å². The van der Waals surface area contributed by atoms with Gasteiger partial charge in [-0.05, 0) is 32.3 Å². The molecule has 1 atom stereocenters. The lowest BCUT2D eigenvalue weighted by molar-refractivity contribution is -0.149. The molecule has 4 nitrogen and oxygen atoms in total. The van der Waals surface area contributed by atoms with Crippen LogP contribution in [0.4, 0.5) is 19.0 Å². The zero-order chi connectivity index (χ0) is 23.8. The monoisotopic (exact) mass is 452 g/mol. The van der Waals surface area contributed by atoms with Crippen molar-refractivity contribution in [1.29, 1.82) is 0 Å². The van der Waals surface area contributed by atoms with Crippen molar-refractivity contribution in [3.05, 3.63) is 48.0 Å². The molecule has 0 spiro atoms. The van der Waals surface area contributed by atoms with Crippen molar-refractivity contribution in [3.63, 3.8) is 0 Å². The van der Waals surface area contributed by atoms with Crippen molar-refractivity contribution < 1.29 is 22.6 Å². The quantitative estimate of drug-likeness (QED) is 0.342. The fourth-order valence-electron chi connectivity index (χ4n) is 3.60. The van der Waals surface area contributed by atoms with Gasteiger partial charge in [-0.1, -0.05) is 63.4 Å². The largest absolute Gasteiger partial charge is 0.489 e. The minimum atomic E-state index is -4.37. The lowest BCUT2D eigenvalue weighted by Gasteiger charge is -2.32. The van der Waals surface area contributed by atoms with Gasteiger partial charge in [0.1, 0.15) is 29.8 Å². The molecule has 1 unspecified atom stereocenters. The van der Waals surface area contributed by atoms with Crippen LogP contribution in [0.2, 0.25) is 0 Å². The number of hydrogen-bond donors (Lipinski definition) is 0. The highest BCUT2D eigenvalue weighted by molar-refractivity contribution is 5.48. The molecule has 0 aliphatic carbocycles. The van der Waals surface area contributed by atoms with Crippen LogP contribution in [0.5, 0.6) is 11.6 Å². The van der Waals surface area contributed by atoms with E-state index in [0.717, 1.165) is 18.4 Å². The maximum absolute atomic E-state index is 13.8. The Balaban J connectivity index is 2.36. The fourth-order valence-corrected chi connectivity index (χ4v) is 3.60. The summed E-state index contributed by atoms with van der Waals surface area (Å²) < 4.78 is 53.4. The molecule has 0 aliphatic rings. The normalized spacial score (nSPS) is 13.0. The molecule has 0 amide bonds. The maximum Gasteiger partial charge on any atom is 0.408 e. The lowest BCUT2D eigenvalue weighted by atomic mass is 10.0. The van der Waals surface area contributed by atoms with E-state index >= 15 is 0 Å². The Morgan fingerprint density at radius 2 is 1.72 bits per heavy atom. The van der Waals surface area contributed by atoms with E-state index in [9.17, 15) is 13.2 Å². The first-order valence-corrected chi connectivity index (χ1v) is 11.2. The van der Waals surface area contributed by atoms with Crippen LogP contribution >= 0.6 is 0 Å². The van der Waals surface area contributed by atoms with Gasteiger partial charge in [0.25, 0.3) is 0 Å². The second kappa shape index (κ2) is 11.4. The third-order valence-corrected chi connectivity index (χ3v) is 5.28. The minimum absolute atomic E-state index is 0.00476. The van der Waals surface area contributed by atoms with Gasteiger partial charge in [0.05, 0.1) is 0 Å². The van der Waals surface area contributed by atoms with Crippen molar-refractivity contribution in [3.8, 4) is 11.6 Å². The first-order valence-electron chi connectivity index (χ1n) is 11.2. The molecule has 178 valence electrons. The average Bonchev–Trinajstić information content (AvgIpc) is 2.71. The highest BCUT2D eigenvalue weighted by Crippen LogP contribution is 2.34. The third kappa shape index (κ3) is 7.92. The summed E-state index contributed by atoms with van der Waals surface area (Å²) >= 11 is 0. The smallest absolute Gasteiger partial charge is 0.408 e. The van der Waals surface area contributed by atoms with E-state index in [1.54, 1.807) is 12.1 Å². The number of alkyl halides is 3. The van der Waals surface area contributed by atoms with Gasteiger partial charge in [-0.15, -0.1) is 0 Å². The zero-order valence-electron chi connectivity index (χ0n) is 19.7. The van der Waals surface area contributed by atoms with Crippen LogP contribution in [0.25, 0.3) is 0 Å². The first kappa shape index (κ1) is 25.8. The molecule has 0 fully saturated rings. The second-order valence-corrected chi connectivity index (χ2v) is 8.70. The number of rotatable bonds is 12. The maximum atomic E-state index is 13.8. The van der Waals surface area contributed by atoms with Gasteiger partial charge in [-0.3, -0.25) is 0 Å². The van der Waals surface area contributed by atoms with E-state index in [1.165, 1.54) is 11.9 Å². The molecule has 0 N–H and O–H groups in total. The van der Waals surface area contributed by atoms with Crippen LogP contribution in [0.1, 0.15) is 65.4 Å². The molecule has 1 aromatic heterocycles. The van der Waals surface area contributed by atoms with Crippen LogP contribution in [0, 0.1) is 0 Å². The number of pyridine rings is 1. The van der Waals surface area contributed by atoms with Crippen LogP contribution in [0.3, 0.4) is 0 Å². The predicted molar refractivity (Wildman–Crippen MR) is 122 cm³/mol. The number of ether oxygens (including phenoxy) is 2. The summed E-state index contributed by atoms with van der Waals surface area (Å²) in [5.41, 5.74) is 0.463. The number of hydrogen-bond acceptors (Lipinski definition) is 4. The van der Waals surface area contributed by atoms with Crippen LogP contribution in [-0.2, 0) is 6.61 Å².